The van der Waals surface area contributed by atoms with Crippen molar-refractivity contribution in [3.8, 4) is 0 Å². The van der Waals surface area contributed by atoms with Crippen LogP contribution in [0.15, 0.2) is 6.33 Å². The van der Waals surface area contributed by atoms with E-state index in [0.29, 0.717) is 11.5 Å². The second kappa shape index (κ2) is 4.53. The zero-order chi connectivity index (χ0) is 11.6. The monoisotopic (exact) mass is 222 g/mol. The van der Waals surface area contributed by atoms with Crippen molar-refractivity contribution >= 4 is 0 Å². The first-order valence-corrected chi connectivity index (χ1v) is 6.26. The Kier molecular flexibility index (Phi) is 3.28. The molecular formula is C12H22N4. The smallest absolute Gasteiger partial charge is 0.134 e. The molecule has 4 nitrogen and oxygen atoms in total. The zero-order valence-electron chi connectivity index (χ0n) is 10.5. The molecule has 1 heterocycles. The lowest BCUT2D eigenvalue weighted by Gasteiger charge is -2.20. The van der Waals surface area contributed by atoms with Crippen molar-refractivity contribution in [1.82, 2.24) is 20.1 Å². The first kappa shape index (κ1) is 11.6. The molecule has 0 spiro atoms. The molecule has 1 aromatic rings. The molecule has 0 saturated heterocycles. The fourth-order valence-electron chi connectivity index (χ4n) is 2.01. The van der Waals surface area contributed by atoms with Crippen molar-refractivity contribution in [3.63, 3.8) is 0 Å². The van der Waals surface area contributed by atoms with E-state index in [1.165, 1.54) is 12.8 Å². The third kappa shape index (κ3) is 2.43. The van der Waals surface area contributed by atoms with Crippen LogP contribution in [0.5, 0.6) is 0 Å². The van der Waals surface area contributed by atoms with Crippen molar-refractivity contribution in [3.05, 3.63) is 12.2 Å². The Balaban J connectivity index is 1.75. The first-order chi connectivity index (χ1) is 7.65. The molecule has 0 aromatic carbocycles. The zero-order valence-corrected chi connectivity index (χ0v) is 10.5. The highest BCUT2D eigenvalue weighted by Crippen LogP contribution is 2.47. The number of nitrogens with zero attached hydrogens (tertiary/aromatic N) is 3. The molecule has 1 aliphatic rings. The van der Waals surface area contributed by atoms with Crippen LogP contribution in [0.2, 0.25) is 0 Å². The van der Waals surface area contributed by atoms with Crippen molar-refractivity contribution in [2.24, 2.45) is 5.41 Å². The minimum atomic E-state index is 0.554. The van der Waals surface area contributed by atoms with Crippen LogP contribution in [0.3, 0.4) is 0 Å². The predicted octanol–water partition coefficient (Wildman–Crippen LogP) is 1.62. The number of hydrogen-bond acceptors (Lipinski definition) is 3. The van der Waals surface area contributed by atoms with Gasteiger partial charge in [-0.1, -0.05) is 6.92 Å². The fourth-order valence-corrected chi connectivity index (χ4v) is 2.01. The molecule has 4 heteroatoms. The van der Waals surface area contributed by atoms with Gasteiger partial charge in [0.2, 0.25) is 0 Å². The van der Waals surface area contributed by atoms with E-state index in [4.69, 9.17) is 0 Å². The van der Waals surface area contributed by atoms with Crippen LogP contribution in [0.25, 0.3) is 0 Å². The Morgan fingerprint density at radius 1 is 1.56 bits per heavy atom. The van der Waals surface area contributed by atoms with E-state index < -0.39 is 0 Å². The van der Waals surface area contributed by atoms with Gasteiger partial charge in [0.25, 0.3) is 0 Å². The number of hydrogen-bond donors (Lipinski definition) is 1. The van der Waals surface area contributed by atoms with Gasteiger partial charge in [-0.25, -0.2) is 0 Å². The second-order valence-electron chi connectivity index (χ2n) is 5.11. The van der Waals surface area contributed by atoms with Crippen LogP contribution in [0.1, 0.15) is 39.4 Å². The van der Waals surface area contributed by atoms with Gasteiger partial charge in [-0.05, 0) is 32.1 Å². The molecular weight excluding hydrogens is 200 g/mol. The van der Waals surface area contributed by atoms with Gasteiger partial charge in [0, 0.05) is 25.6 Å². The first-order valence-electron chi connectivity index (χ1n) is 6.26. The topological polar surface area (TPSA) is 42.7 Å². The molecule has 1 N–H and O–H groups in total. The highest BCUT2D eigenvalue weighted by atomic mass is 15.3. The fraction of sp³-hybridized carbons (Fsp3) is 0.833. The molecule has 1 aromatic heterocycles. The van der Waals surface area contributed by atoms with Crippen molar-refractivity contribution in [2.75, 3.05) is 6.54 Å². The maximum atomic E-state index is 4.13. The molecule has 0 aliphatic heterocycles. The molecule has 0 bridgehead atoms. The summed E-state index contributed by atoms with van der Waals surface area (Å²) in [6.07, 6.45) is 5.51. The lowest BCUT2D eigenvalue weighted by molar-refractivity contribution is 0.381. The van der Waals surface area contributed by atoms with E-state index in [2.05, 4.69) is 40.9 Å². The van der Waals surface area contributed by atoms with Gasteiger partial charge < -0.3 is 9.88 Å². The maximum Gasteiger partial charge on any atom is 0.134 e. The molecule has 0 amide bonds. The van der Waals surface area contributed by atoms with Gasteiger partial charge in [-0.15, -0.1) is 10.2 Å². The predicted molar refractivity (Wildman–Crippen MR) is 64.2 cm³/mol. The van der Waals surface area contributed by atoms with E-state index in [0.717, 1.165) is 25.3 Å². The van der Waals surface area contributed by atoms with Crippen LogP contribution in [-0.2, 0) is 13.0 Å². The van der Waals surface area contributed by atoms with E-state index >= 15 is 0 Å². The molecule has 0 radical (unpaired) electrons. The van der Waals surface area contributed by atoms with E-state index in [9.17, 15) is 0 Å². The minimum Gasteiger partial charge on any atom is -0.318 e. The van der Waals surface area contributed by atoms with Gasteiger partial charge in [-0.3, -0.25) is 0 Å². The van der Waals surface area contributed by atoms with Crippen molar-refractivity contribution in [2.45, 2.75) is 52.6 Å². The second-order valence-corrected chi connectivity index (χ2v) is 5.11. The van der Waals surface area contributed by atoms with Gasteiger partial charge in [0.05, 0.1) is 0 Å². The molecule has 1 atom stereocenters. The molecule has 1 saturated carbocycles. The molecule has 2 rings (SSSR count). The van der Waals surface area contributed by atoms with E-state index in [1.54, 1.807) is 6.33 Å². The molecule has 16 heavy (non-hydrogen) atoms. The van der Waals surface area contributed by atoms with Gasteiger partial charge in [0.15, 0.2) is 0 Å². The average Bonchev–Trinajstić information content (AvgIpc) is 2.87. The van der Waals surface area contributed by atoms with Crippen LogP contribution in [0, 0.1) is 5.41 Å². The molecule has 1 unspecified atom stereocenters. The third-order valence-corrected chi connectivity index (χ3v) is 3.92. The summed E-state index contributed by atoms with van der Waals surface area (Å²) in [5.41, 5.74) is 0.554. The Morgan fingerprint density at radius 3 is 2.94 bits per heavy atom. The van der Waals surface area contributed by atoms with Crippen LogP contribution < -0.4 is 5.32 Å². The summed E-state index contributed by atoms with van der Waals surface area (Å²) in [6.45, 7) is 8.72. The SMILES string of the molecule is CCn1cnnc1CCNC(C)C1(C)CC1. The van der Waals surface area contributed by atoms with Gasteiger partial charge in [-0.2, -0.15) is 0 Å². The lowest BCUT2D eigenvalue weighted by Crippen LogP contribution is -2.35. The highest BCUT2D eigenvalue weighted by Gasteiger charge is 2.41. The normalized spacial score (nSPS) is 19.7. The third-order valence-electron chi connectivity index (χ3n) is 3.92. The van der Waals surface area contributed by atoms with Crippen molar-refractivity contribution in [1.29, 1.82) is 0 Å². The van der Waals surface area contributed by atoms with Crippen LogP contribution in [0.4, 0.5) is 0 Å². The average molecular weight is 222 g/mol. The summed E-state index contributed by atoms with van der Waals surface area (Å²) in [4.78, 5) is 0. The summed E-state index contributed by atoms with van der Waals surface area (Å²) in [5, 5.41) is 11.7. The molecule has 90 valence electrons. The minimum absolute atomic E-state index is 0.554. The maximum absolute atomic E-state index is 4.13. The Hall–Kier alpha value is -0.900. The quantitative estimate of drug-likeness (QED) is 0.795. The summed E-state index contributed by atoms with van der Waals surface area (Å²) >= 11 is 0. The Bertz CT molecular complexity index is 341. The summed E-state index contributed by atoms with van der Waals surface area (Å²) in [5.74, 6) is 1.09. The van der Waals surface area contributed by atoms with E-state index in [1.807, 2.05) is 0 Å². The summed E-state index contributed by atoms with van der Waals surface area (Å²) in [7, 11) is 0. The van der Waals surface area contributed by atoms with Crippen LogP contribution >= 0.6 is 0 Å². The molecule has 1 fully saturated rings. The number of aryl methyl sites for hydroxylation is 1. The highest BCUT2D eigenvalue weighted by molar-refractivity contribution is 4.97. The van der Waals surface area contributed by atoms with Crippen molar-refractivity contribution < 1.29 is 0 Å². The summed E-state index contributed by atoms with van der Waals surface area (Å²) < 4.78 is 2.10. The van der Waals surface area contributed by atoms with Gasteiger partial charge >= 0.3 is 0 Å². The van der Waals surface area contributed by atoms with Gasteiger partial charge in [0.1, 0.15) is 12.2 Å². The number of rotatable bonds is 6. The standard InChI is InChI=1S/C12H22N4/c1-4-16-9-14-15-11(16)5-8-13-10(2)12(3)6-7-12/h9-10,13H,4-8H2,1-3H3. The largest absolute Gasteiger partial charge is 0.318 e. The lowest BCUT2D eigenvalue weighted by atomic mass is 10.0. The number of nitrogens with one attached hydrogen (secondary N) is 1. The summed E-state index contributed by atoms with van der Waals surface area (Å²) in [6, 6.07) is 0.616. The molecule has 1 aliphatic carbocycles. The Labute approximate surface area is 97.5 Å². The van der Waals surface area contributed by atoms with Crippen LogP contribution in [-0.4, -0.2) is 27.4 Å². The van der Waals surface area contributed by atoms with E-state index in [-0.39, 0.29) is 0 Å². The number of aromatic nitrogens is 3. The Morgan fingerprint density at radius 2 is 2.31 bits per heavy atom.